The maximum absolute atomic E-state index is 4.88. The van der Waals surface area contributed by atoms with Crippen LogP contribution < -0.4 is 5.32 Å². The van der Waals surface area contributed by atoms with Crippen LogP contribution in [-0.4, -0.2) is 23.0 Å². The number of aromatic nitrogens is 3. The molecular formula is C26H21N3Si. The first kappa shape index (κ1) is 17.5. The van der Waals surface area contributed by atoms with Crippen molar-refractivity contribution in [1.29, 1.82) is 0 Å². The van der Waals surface area contributed by atoms with Crippen LogP contribution in [0.25, 0.3) is 43.9 Å². The van der Waals surface area contributed by atoms with E-state index in [1.807, 2.05) is 12.4 Å². The van der Waals surface area contributed by atoms with Crippen LogP contribution in [0.15, 0.2) is 79.4 Å². The predicted octanol–water partition coefficient (Wildman–Crippen LogP) is 5.52. The minimum Gasteiger partial charge on any atom is -0.256 e. The van der Waals surface area contributed by atoms with Gasteiger partial charge in [-0.05, 0) is 45.5 Å². The molecule has 3 nitrogen and oxygen atoms in total. The van der Waals surface area contributed by atoms with Crippen LogP contribution in [0.2, 0.25) is 13.1 Å². The first-order chi connectivity index (χ1) is 14.6. The second-order valence-corrected chi connectivity index (χ2v) is 13.4. The zero-order chi connectivity index (χ0) is 20.3. The normalized spacial score (nSPS) is 14.5. The Morgan fingerprint density at radius 1 is 0.767 bits per heavy atom. The highest BCUT2D eigenvalue weighted by atomic mass is 28.3. The van der Waals surface area contributed by atoms with Gasteiger partial charge in [0.1, 0.15) is 14.4 Å². The van der Waals surface area contributed by atoms with E-state index in [4.69, 9.17) is 9.97 Å². The van der Waals surface area contributed by atoms with E-state index in [9.17, 15) is 0 Å². The Kier molecular flexibility index (Phi) is 3.68. The van der Waals surface area contributed by atoms with E-state index in [1.54, 1.807) is 6.33 Å². The fourth-order valence-corrected chi connectivity index (χ4v) is 7.66. The average Bonchev–Trinajstić information content (AvgIpc) is 2.78. The molecule has 0 saturated heterocycles. The molecule has 0 spiro atoms. The summed E-state index contributed by atoms with van der Waals surface area (Å²) >= 11 is 0. The van der Waals surface area contributed by atoms with Crippen molar-refractivity contribution in [1.82, 2.24) is 15.0 Å². The summed E-state index contributed by atoms with van der Waals surface area (Å²) in [6.07, 6.45) is 5.71. The van der Waals surface area contributed by atoms with Gasteiger partial charge in [0.25, 0.3) is 0 Å². The minimum absolute atomic E-state index is 1.04. The Bertz CT molecular complexity index is 1460. The van der Waals surface area contributed by atoms with Crippen molar-refractivity contribution in [2.45, 2.75) is 19.1 Å². The second-order valence-electron chi connectivity index (χ2n) is 8.76. The first-order valence-electron chi connectivity index (χ1n) is 10.3. The molecule has 0 radical (unpaired) electrons. The molecule has 0 aliphatic carbocycles. The highest BCUT2D eigenvalue weighted by molar-refractivity contribution is 6.90. The van der Waals surface area contributed by atoms with Gasteiger partial charge in [-0.2, -0.15) is 0 Å². The summed E-state index contributed by atoms with van der Waals surface area (Å²) in [5.74, 6) is 0. The number of nitrogens with zero attached hydrogens (tertiary/aromatic N) is 3. The van der Waals surface area contributed by atoms with Gasteiger partial charge in [-0.25, -0.2) is 9.97 Å². The van der Waals surface area contributed by atoms with E-state index in [-0.39, 0.29) is 0 Å². The summed E-state index contributed by atoms with van der Waals surface area (Å²) in [5.41, 5.74) is 6.18. The minimum atomic E-state index is -1.75. The van der Waals surface area contributed by atoms with E-state index < -0.39 is 8.07 Å². The Balaban J connectivity index is 1.73. The van der Waals surface area contributed by atoms with Crippen LogP contribution in [0.5, 0.6) is 0 Å². The van der Waals surface area contributed by atoms with Gasteiger partial charge in [0.2, 0.25) is 0 Å². The third-order valence-corrected chi connectivity index (χ3v) is 9.22. The molecular weight excluding hydrogens is 382 g/mol. The van der Waals surface area contributed by atoms with Crippen molar-refractivity contribution < 1.29 is 0 Å². The Morgan fingerprint density at radius 2 is 1.53 bits per heavy atom. The first-order valence-corrected chi connectivity index (χ1v) is 13.5. The van der Waals surface area contributed by atoms with Crippen LogP contribution in [-0.2, 0) is 6.04 Å². The number of benzene rings is 3. The maximum atomic E-state index is 4.88. The number of hydrogen-bond acceptors (Lipinski definition) is 3. The lowest BCUT2D eigenvalue weighted by atomic mass is 9.89. The average molecular weight is 404 g/mol. The van der Waals surface area contributed by atoms with E-state index in [0.29, 0.717) is 0 Å². The van der Waals surface area contributed by atoms with Crippen LogP contribution in [0.4, 0.5) is 0 Å². The van der Waals surface area contributed by atoms with Crippen molar-refractivity contribution in [2.75, 3.05) is 0 Å². The molecule has 0 saturated carbocycles. The molecule has 144 valence electrons. The molecule has 0 bridgehead atoms. The van der Waals surface area contributed by atoms with E-state index in [1.165, 1.54) is 49.1 Å². The largest absolute Gasteiger partial charge is 0.256 e. The molecule has 1 aliphatic rings. The number of rotatable bonds is 1. The lowest BCUT2D eigenvalue weighted by Crippen LogP contribution is -2.49. The fraction of sp³-hybridized carbons (Fsp3) is 0.115. The van der Waals surface area contributed by atoms with Gasteiger partial charge in [0, 0.05) is 34.2 Å². The molecule has 0 atom stereocenters. The van der Waals surface area contributed by atoms with Gasteiger partial charge in [-0.3, -0.25) is 4.98 Å². The van der Waals surface area contributed by atoms with Crippen molar-refractivity contribution in [3.8, 4) is 22.4 Å². The molecule has 0 unspecified atom stereocenters. The van der Waals surface area contributed by atoms with Gasteiger partial charge in [-0.1, -0.05) is 61.6 Å². The molecule has 4 heteroatoms. The summed E-state index contributed by atoms with van der Waals surface area (Å²) < 4.78 is 0. The van der Waals surface area contributed by atoms with Crippen molar-refractivity contribution >= 4 is 34.9 Å². The van der Waals surface area contributed by atoms with Gasteiger partial charge in [0.05, 0.1) is 5.69 Å². The quantitative estimate of drug-likeness (QED) is 0.346. The molecule has 3 aromatic carbocycles. The van der Waals surface area contributed by atoms with Gasteiger partial charge >= 0.3 is 0 Å². The molecule has 6 rings (SSSR count). The molecule has 30 heavy (non-hydrogen) atoms. The lowest BCUT2D eigenvalue weighted by Gasteiger charge is -2.33. The summed E-state index contributed by atoms with van der Waals surface area (Å²) in [5, 5.41) is 6.17. The third-order valence-electron chi connectivity index (χ3n) is 6.31. The SMILES string of the molecule is C[Si]1(C)Cc2c(-c3cc4ccccc4cn3)cc3ccccc3c2-c2cncnc21. The number of fused-ring (bicyclic) bond motifs is 6. The van der Waals surface area contributed by atoms with Gasteiger partial charge < -0.3 is 0 Å². The van der Waals surface area contributed by atoms with Crippen molar-refractivity contribution in [3.05, 3.63) is 84.9 Å². The molecule has 5 aromatic rings. The van der Waals surface area contributed by atoms with E-state index >= 15 is 0 Å². The van der Waals surface area contributed by atoms with Gasteiger partial charge in [0.15, 0.2) is 0 Å². The van der Waals surface area contributed by atoms with Crippen LogP contribution in [0.3, 0.4) is 0 Å². The highest BCUT2D eigenvalue weighted by Crippen LogP contribution is 2.42. The molecule has 1 aliphatic heterocycles. The summed E-state index contributed by atoms with van der Waals surface area (Å²) in [4.78, 5) is 14.0. The maximum Gasteiger partial charge on any atom is 0.115 e. The van der Waals surface area contributed by atoms with Crippen LogP contribution >= 0.6 is 0 Å². The van der Waals surface area contributed by atoms with Crippen LogP contribution in [0, 0.1) is 0 Å². The van der Waals surface area contributed by atoms with Crippen molar-refractivity contribution in [3.63, 3.8) is 0 Å². The Hall–Kier alpha value is -3.37. The van der Waals surface area contributed by atoms with Gasteiger partial charge in [-0.15, -0.1) is 0 Å². The zero-order valence-electron chi connectivity index (χ0n) is 17.1. The zero-order valence-corrected chi connectivity index (χ0v) is 18.1. The third kappa shape index (κ3) is 2.54. The number of pyridine rings is 1. The monoisotopic (exact) mass is 403 g/mol. The molecule has 2 aromatic heterocycles. The standard InChI is InChI=1S/C26H21N3Si/c1-30(2)15-23-21(24-12-17-7-3-4-9-19(17)13-28-24)11-18-8-5-6-10-20(18)25(23)22-14-27-16-29-26(22)30/h3-14,16H,15H2,1-2H3. The summed E-state index contributed by atoms with van der Waals surface area (Å²) in [6, 6.07) is 22.7. The topological polar surface area (TPSA) is 38.7 Å². The molecule has 0 fully saturated rings. The molecule has 3 heterocycles. The highest BCUT2D eigenvalue weighted by Gasteiger charge is 2.36. The smallest absolute Gasteiger partial charge is 0.115 e. The van der Waals surface area contributed by atoms with E-state index in [2.05, 4.69) is 78.7 Å². The molecule has 0 N–H and O–H groups in total. The summed E-state index contributed by atoms with van der Waals surface area (Å²) in [7, 11) is -1.75. The Morgan fingerprint density at radius 3 is 2.40 bits per heavy atom. The van der Waals surface area contributed by atoms with Crippen molar-refractivity contribution in [2.24, 2.45) is 0 Å². The van der Waals surface area contributed by atoms with Crippen LogP contribution in [0.1, 0.15) is 5.56 Å². The summed E-state index contributed by atoms with van der Waals surface area (Å²) in [6.45, 7) is 4.82. The fourth-order valence-electron chi connectivity index (χ4n) is 4.92. The van der Waals surface area contributed by atoms with E-state index in [0.717, 1.165) is 11.7 Å². The lowest BCUT2D eigenvalue weighted by molar-refractivity contribution is 1.16. The predicted molar refractivity (Wildman–Crippen MR) is 127 cm³/mol. The Labute approximate surface area is 176 Å². The molecule has 0 amide bonds. The second kappa shape index (κ2) is 6.31. The number of hydrogen-bond donors (Lipinski definition) is 0.